The molecule has 0 spiro atoms. The highest BCUT2D eigenvalue weighted by Gasteiger charge is 2.30. The Morgan fingerprint density at radius 1 is 1.09 bits per heavy atom. The molecule has 2 aliphatic rings. The van der Waals surface area contributed by atoms with Crippen LogP contribution in [0.2, 0.25) is 0 Å². The number of rotatable bonds is 3. The summed E-state index contributed by atoms with van der Waals surface area (Å²) in [4.78, 5) is 34.6. The van der Waals surface area contributed by atoms with Gasteiger partial charge in [0, 0.05) is 24.2 Å². The third kappa shape index (κ3) is 8.50. The van der Waals surface area contributed by atoms with Crippen molar-refractivity contribution in [2.75, 3.05) is 13.1 Å². The Morgan fingerprint density at radius 3 is 2.27 bits per heavy atom. The monoisotopic (exact) mass is 455 g/mol. The van der Waals surface area contributed by atoms with Gasteiger partial charge in [0.05, 0.1) is 6.54 Å². The van der Waals surface area contributed by atoms with Gasteiger partial charge in [-0.25, -0.2) is 0 Å². The zero-order valence-electron chi connectivity index (χ0n) is 19.7. The molecular weight excluding hydrogens is 418 g/mol. The van der Waals surface area contributed by atoms with Crippen molar-refractivity contribution in [3.8, 4) is 0 Å². The first-order valence-electron chi connectivity index (χ1n) is 11.8. The smallest absolute Gasteiger partial charge is 0.290 e. The first-order valence-corrected chi connectivity index (χ1v) is 11.8. The number of nitrogens with two attached hydrogens (primary N) is 1. The molecule has 2 atom stereocenters. The number of hydrogen-bond donors (Lipinski definition) is 3. The first kappa shape index (κ1) is 26.3. The number of carboxylic acid groups (broad SMARTS) is 1. The lowest BCUT2D eigenvalue weighted by atomic mass is 9.91. The second kappa shape index (κ2) is 13.6. The van der Waals surface area contributed by atoms with Crippen molar-refractivity contribution in [1.82, 2.24) is 10.2 Å². The van der Waals surface area contributed by atoms with E-state index >= 15 is 0 Å². The minimum atomic E-state index is -0.250. The molecule has 33 heavy (non-hydrogen) atoms. The largest absolute Gasteiger partial charge is 0.483 e. The number of hydrogen-bond acceptors (Lipinski definition) is 4. The Morgan fingerprint density at radius 2 is 1.73 bits per heavy atom. The molecule has 1 aliphatic carbocycles. The summed E-state index contributed by atoms with van der Waals surface area (Å²) >= 11 is 0. The van der Waals surface area contributed by atoms with Crippen molar-refractivity contribution in [3.63, 3.8) is 0 Å². The van der Waals surface area contributed by atoms with Gasteiger partial charge in [-0.15, -0.1) is 0 Å². The summed E-state index contributed by atoms with van der Waals surface area (Å²) in [7, 11) is 0. The number of carbonyl (C=O) groups is 3. The highest BCUT2D eigenvalue weighted by Crippen LogP contribution is 2.22. The summed E-state index contributed by atoms with van der Waals surface area (Å²) in [5.41, 5.74) is 6.43. The summed E-state index contributed by atoms with van der Waals surface area (Å²) in [6.45, 7) is 4.66. The molecule has 0 aromatic heterocycles. The third-order valence-electron chi connectivity index (χ3n) is 6.23. The quantitative estimate of drug-likeness (QED) is 0.609. The van der Waals surface area contributed by atoms with Gasteiger partial charge in [-0.3, -0.25) is 14.4 Å². The highest BCUT2D eigenvalue weighted by atomic mass is 16.3. The zero-order valence-corrected chi connectivity index (χ0v) is 19.7. The predicted molar refractivity (Wildman–Crippen MR) is 131 cm³/mol. The molecule has 7 nitrogen and oxygen atoms in total. The molecule has 1 heterocycles. The Labute approximate surface area is 196 Å². The van der Waals surface area contributed by atoms with Gasteiger partial charge in [0.15, 0.2) is 0 Å². The van der Waals surface area contributed by atoms with E-state index in [0.29, 0.717) is 12.1 Å². The third-order valence-corrected chi connectivity index (χ3v) is 6.23. The molecule has 7 heteroatoms. The Hall–Kier alpha value is -2.93. The second-order valence-electron chi connectivity index (χ2n) is 8.98. The second-order valence-corrected chi connectivity index (χ2v) is 8.98. The fraction of sp³-hybridized carbons (Fsp3) is 0.500. The van der Waals surface area contributed by atoms with Crippen molar-refractivity contribution >= 4 is 29.1 Å². The SMILES string of the molecule is CC1CC(N)CN1C(=O)CNC(=O)c1ccc2ccccc2c1.CC1CCCCC1.O=CO. The number of nitrogens with zero attached hydrogens (tertiary/aromatic N) is 1. The minimum absolute atomic E-state index is 0.00270. The molecule has 2 fully saturated rings. The van der Waals surface area contributed by atoms with Gasteiger partial charge in [-0.1, -0.05) is 69.4 Å². The van der Waals surface area contributed by atoms with E-state index in [0.717, 1.165) is 23.1 Å². The highest BCUT2D eigenvalue weighted by molar-refractivity contribution is 6.00. The number of nitrogens with one attached hydrogen (secondary N) is 1. The topological polar surface area (TPSA) is 113 Å². The van der Waals surface area contributed by atoms with Crippen LogP contribution in [0.1, 0.15) is 62.7 Å². The van der Waals surface area contributed by atoms with E-state index in [1.54, 1.807) is 11.0 Å². The molecule has 2 aromatic carbocycles. The van der Waals surface area contributed by atoms with Crippen LogP contribution in [0.25, 0.3) is 10.8 Å². The number of fused-ring (bicyclic) bond motifs is 1. The molecular formula is C26H37N3O4. The Balaban J connectivity index is 0.000000321. The van der Waals surface area contributed by atoms with E-state index in [2.05, 4.69) is 12.2 Å². The standard InChI is InChI=1S/C18H21N3O2.C7H14.CH2O2/c1-12-8-16(19)11-21(12)17(22)10-20-18(23)15-7-6-13-4-2-3-5-14(13)9-15;1-7-5-3-2-4-6-7;2-1-3/h2-7,9,12,16H,8,10-11,19H2,1H3,(H,20,23);7H,2-6H2,1H3;1H,(H,2,3). The molecule has 1 saturated heterocycles. The van der Waals surface area contributed by atoms with Gasteiger partial charge >= 0.3 is 0 Å². The van der Waals surface area contributed by atoms with Crippen molar-refractivity contribution in [1.29, 1.82) is 0 Å². The first-order chi connectivity index (χ1) is 15.8. The van der Waals surface area contributed by atoms with E-state index in [1.807, 2.05) is 43.3 Å². The van der Waals surface area contributed by atoms with Crippen molar-refractivity contribution in [2.45, 2.75) is 64.5 Å². The van der Waals surface area contributed by atoms with Gasteiger partial charge in [-0.2, -0.15) is 0 Å². The molecule has 4 rings (SSSR count). The van der Waals surface area contributed by atoms with E-state index in [4.69, 9.17) is 15.6 Å². The van der Waals surface area contributed by atoms with E-state index in [1.165, 1.54) is 32.1 Å². The Kier molecular flexibility index (Phi) is 10.8. The van der Waals surface area contributed by atoms with Crippen LogP contribution in [0.15, 0.2) is 42.5 Å². The normalized spacial score (nSPS) is 20.2. The maximum absolute atomic E-state index is 12.2. The number of carbonyl (C=O) groups excluding carboxylic acids is 2. The number of likely N-dealkylation sites (tertiary alicyclic amines) is 1. The van der Waals surface area contributed by atoms with Crippen molar-refractivity contribution in [3.05, 3.63) is 48.0 Å². The molecule has 0 radical (unpaired) electrons. The average Bonchev–Trinajstić information content (AvgIpc) is 3.16. The maximum atomic E-state index is 12.2. The van der Waals surface area contributed by atoms with E-state index in [9.17, 15) is 9.59 Å². The fourth-order valence-electron chi connectivity index (χ4n) is 4.42. The van der Waals surface area contributed by atoms with Gasteiger partial charge in [0.25, 0.3) is 12.4 Å². The molecule has 180 valence electrons. The van der Waals surface area contributed by atoms with Crippen LogP contribution in [0, 0.1) is 5.92 Å². The summed E-state index contributed by atoms with van der Waals surface area (Å²) in [5, 5.41) is 11.7. The average molecular weight is 456 g/mol. The van der Waals surface area contributed by atoms with Crippen LogP contribution in [0.3, 0.4) is 0 Å². The summed E-state index contributed by atoms with van der Waals surface area (Å²) in [6.07, 6.45) is 8.25. The van der Waals surface area contributed by atoms with E-state index in [-0.39, 0.29) is 36.9 Å². The van der Waals surface area contributed by atoms with Crippen LogP contribution >= 0.6 is 0 Å². The number of benzene rings is 2. The molecule has 4 N–H and O–H groups in total. The lowest BCUT2D eigenvalue weighted by molar-refractivity contribution is -0.130. The van der Waals surface area contributed by atoms with Crippen molar-refractivity contribution in [2.24, 2.45) is 11.7 Å². The minimum Gasteiger partial charge on any atom is -0.483 e. The lowest BCUT2D eigenvalue weighted by Gasteiger charge is -2.21. The van der Waals surface area contributed by atoms with Crippen LogP contribution < -0.4 is 11.1 Å². The lowest BCUT2D eigenvalue weighted by Crippen LogP contribution is -2.42. The fourth-order valence-corrected chi connectivity index (χ4v) is 4.42. The van der Waals surface area contributed by atoms with Gasteiger partial charge in [0.1, 0.15) is 0 Å². The van der Waals surface area contributed by atoms with E-state index < -0.39 is 0 Å². The molecule has 0 bridgehead atoms. The van der Waals surface area contributed by atoms with Gasteiger partial charge in [0.2, 0.25) is 5.91 Å². The summed E-state index contributed by atoms with van der Waals surface area (Å²) < 4.78 is 0. The molecule has 2 aromatic rings. The summed E-state index contributed by atoms with van der Waals surface area (Å²) in [5.74, 6) is 0.716. The Bertz CT molecular complexity index is 911. The van der Waals surface area contributed by atoms with Crippen LogP contribution in [-0.4, -0.2) is 53.5 Å². The maximum Gasteiger partial charge on any atom is 0.290 e. The van der Waals surface area contributed by atoms with Gasteiger partial charge < -0.3 is 21.1 Å². The van der Waals surface area contributed by atoms with Crippen LogP contribution in [0.5, 0.6) is 0 Å². The van der Waals surface area contributed by atoms with Crippen LogP contribution in [0.4, 0.5) is 0 Å². The summed E-state index contributed by atoms with van der Waals surface area (Å²) in [6, 6.07) is 13.5. The molecule has 1 aliphatic heterocycles. The molecule has 2 amide bonds. The molecule has 2 unspecified atom stereocenters. The number of amides is 2. The van der Waals surface area contributed by atoms with Crippen LogP contribution in [-0.2, 0) is 9.59 Å². The van der Waals surface area contributed by atoms with Gasteiger partial charge in [-0.05, 0) is 42.2 Å². The van der Waals surface area contributed by atoms with Crippen molar-refractivity contribution < 1.29 is 19.5 Å². The molecule has 1 saturated carbocycles. The zero-order chi connectivity index (χ0) is 24.2. The predicted octanol–water partition coefficient (Wildman–Crippen LogP) is 3.81.